The van der Waals surface area contributed by atoms with Gasteiger partial charge in [-0.15, -0.1) is 11.8 Å². The second-order valence-corrected chi connectivity index (χ2v) is 5.48. The van der Waals surface area contributed by atoms with E-state index in [1.54, 1.807) is 17.8 Å². The predicted octanol–water partition coefficient (Wildman–Crippen LogP) is 4.63. The Morgan fingerprint density at radius 1 is 1.11 bits per heavy atom. The van der Waals surface area contributed by atoms with Crippen LogP contribution < -0.4 is 5.32 Å². The van der Waals surface area contributed by atoms with E-state index in [-0.39, 0.29) is 5.25 Å². The van der Waals surface area contributed by atoms with Crippen LogP contribution in [0.1, 0.15) is 17.7 Å². The summed E-state index contributed by atoms with van der Waals surface area (Å²) in [5.41, 5.74) is 1.85. The number of nitrogens with one attached hydrogen (secondary N) is 1. The van der Waals surface area contributed by atoms with Gasteiger partial charge in [-0.05, 0) is 24.6 Å². The molecule has 1 amide bonds. The topological polar surface area (TPSA) is 49.3 Å². The van der Waals surface area contributed by atoms with Crippen molar-refractivity contribution in [3.05, 3.63) is 60.2 Å². The Morgan fingerprint density at radius 3 is 2.42 bits per heavy atom. The fourth-order valence-corrected chi connectivity index (χ4v) is 2.85. The number of anilines is 1. The van der Waals surface area contributed by atoms with E-state index in [2.05, 4.69) is 24.4 Å². The van der Waals surface area contributed by atoms with Gasteiger partial charge in [0.25, 0.3) is 0 Å². The quantitative estimate of drug-likeness (QED) is 0.798. The highest BCUT2D eigenvalue weighted by Gasteiger charge is 2.11. The predicted molar refractivity (Wildman–Crippen MR) is 78.8 cm³/mol. The molecule has 0 aliphatic heterocycles. The van der Waals surface area contributed by atoms with Crippen LogP contribution in [0, 0.1) is 0 Å². The summed E-state index contributed by atoms with van der Waals surface area (Å²) in [6, 6.07) is 17.6. The van der Waals surface area contributed by atoms with E-state index in [9.17, 15) is 4.79 Å². The second kappa shape index (κ2) is 6.29. The van der Waals surface area contributed by atoms with Crippen molar-refractivity contribution in [2.45, 2.75) is 17.1 Å². The summed E-state index contributed by atoms with van der Waals surface area (Å²) in [4.78, 5) is 11.7. The molecule has 98 valence electrons. The summed E-state index contributed by atoms with van der Waals surface area (Å²) < 4.78 is 0. The summed E-state index contributed by atoms with van der Waals surface area (Å²) in [6.45, 7) is 2.11. The number of para-hydroxylation sites is 1. The SMILES string of the molecule is CC(Sc1ccccc1NC(=O)O)c1ccccc1. The van der Waals surface area contributed by atoms with E-state index in [4.69, 9.17) is 5.11 Å². The standard InChI is InChI=1S/C15H15NO2S/c1-11(12-7-3-2-4-8-12)19-14-10-6-5-9-13(14)16-15(17)18/h2-11,16H,1H3,(H,17,18). The number of rotatable bonds is 4. The lowest BCUT2D eigenvalue weighted by atomic mass is 10.2. The Kier molecular flexibility index (Phi) is 4.47. The first-order valence-corrected chi connectivity index (χ1v) is 6.85. The molecule has 2 aromatic rings. The molecule has 0 radical (unpaired) electrons. The molecule has 0 heterocycles. The van der Waals surface area contributed by atoms with Crippen LogP contribution in [0.5, 0.6) is 0 Å². The van der Waals surface area contributed by atoms with E-state index in [1.165, 1.54) is 5.56 Å². The van der Waals surface area contributed by atoms with Crippen molar-refractivity contribution in [1.29, 1.82) is 0 Å². The zero-order valence-corrected chi connectivity index (χ0v) is 11.4. The van der Waals surface area contributed by atoms with Gasteiger partial charge in [0.1, 0.15) is 0 Å². The van der Waals surface area contributed by atoms with Crippen LogP contribution in [-0.2, 0) is 0 Å². The third-order valence-electron chi connectivity index (χ3n) is 2.70. The highest BCUT2D eigenvalue weighted by atomic mass is 32.2. The van der Waals surface area contributed by atoms with Crippen LogP contribution in [0.2, 0.25) is 0 Å². The number of carboxylic acid groups (broad SMARTS) is 1. The molecule has 4 heteroatoms. The average Bonchev–Trinajstić information content (AvgIpc) is 2.41. The Morgan fingerprint density at radius 2 is 1.74 bits per heavy atom. The molecule has 19 heavy (non-hydrogen) atoms. The van der Waals surface area contributed by atoms with Crippen molar-refractivity contribution in [2.24, 2.45) is 0 Å². The highest BCUT2D eigenvalue weighted by molar-refractivity contribution is 7.99. The molecular weight excluding hydrogens is 258 g/mol. The van der Waals surface area contributed by atoms with Crippen molar-refractivity contribution in [2.75, 3.05) is 5.32 Å². The highest BCUT2D eigenvalue weighted by Crippen LogP contribution is 2.38. The van der Waals surface area contributed by atoms with Gasteiger partial charge in [-0.25, -0.2) is 4.79 Å². The summed E-state index contributed by atoms with van der Waals surface area (Å²) in [6.07, 6.45) is -1.04. The van der Waals surface area contributed by atoms with Crippen LogP contribution in [0.25, 0.3) is 0 Å². The summed E-state index contributed by atoms with van der Waals surface area (Å²) >= 11 is 1.64. The third-order valence-corrected chi connectivity index (χ3v) is 3.94. The van der Waals surface area contributed by atoms with Gasteiger partial charge in [-0.3, -0.25) is 5.32 Å². The van der Waals surface area contributed by atoms with Crippen LogP contribution in [-0.4, -0.2) is 11.2 Å². The molecule has 0 aromatic heterocycles. The molecule has 0 saturated carbocycles. The molecule has 2 aromatic carbocycles. The first-order chi connectivity index (χ1) is 9.16. The molecule has 0 bridgehead atoms. The molecule has 0 spiro atoms. The monoisotopic (exact) mass is 273 g/mol. The van der Waals surface area contributed by atoms with Crippen LogP contribution >= 0.6 is 11.8 Å². The van der Waals surface area contributed by atoms with Gasteiger partial charge in [-0.1, -0.05) is 42.5 Å². The van der Waals surface area contributed by atoms with Gasteiger partial charge >= 0.3 is 6.09 Å². The van der Waals surface area contributed by atoms with Gasteiger partial charge in [0.05, 0.1) is 5.69 Å². The van der Waals surface area contributed by atoms with E-state index in [0.717, 1.165) is 4.90 Å². The fourth-order valence-electron chi connectivity index (χ4n) is 1.77. The molecule has 3 nitrogen and oxygen atoms in total. The molecular formula is C15H15NO2S. The van der Waals surface area contributed by atoms with Gasteiger partial charge in [0.15, 0.2) is 0 Å². The van der Waals surface area contributed by atoms with E-state index in [0.29, 0.717) is 5.69 Å². The Hall–Kier alpha value is -1.94. The lowest BCUT2D eigenvalue weighted by Gasteiger charge is -2.14. The fraction of sp³-hybridized carbons (Fsp3) is 0.133. The minimum absolute atomic E-state index is 0.262. The second-order valence-electron chi connectivity index (χ2n) is 4.10. The third kappa shape index (κ3) is 3.76. The summed E-state index contributed by atoms with van der Waals surface area (Å²) in [5.74, 6) is 0. The van der Waals surface area contributed by atoms with Crippen molar-refractivity contribution in [3.8, 4) is 0 Å². The Labute approximate surface area is 116 Å². The van der Waals surface area contributed by atoms with Crippen LogP contribution in [0.15, 0.2) is 59.5 Å². The Balaban J connectivity index is 2.17. The van der Waals surface area contributed by atoms with Crippen molar-refractivity contribution in [1.82, 2.24) is 0 Å². The maximum atomic E-state index is 10.8. The lowest BCUT2D eigenvalue weighted by Crippen LogP contribution is -2.08. The minimum Gasteiger partial charge on any atom is -0.465 e. The van der Waals surface area contributed by atoms with Crippen LogP contribution in [0.4, 0.5) is 10.5 Å². The first-order valence-electron chi connectivity index (χ1n) is 5.97. The van der Waals surface area contributed by atoms with E-state index >= 15 is 0 Å². The summed E-state index contributed by atoms with van der Waals surface area (Å²) in [5, 5.41) is 11.5. The van der Waals surface area contributed by atoms with Crippen molar-refractivity contribution in [3.63, 3.8) is 0 Å². The van der Waals surface area contributed by atoms with E-state index in [1.807, 2.05) is 36.4 Å². The average molecular weight is 273 g/mol. The first kappa shape index (κ1) is 13.5. The van der Waals surface area contributed by atoms with Crippen molar-refractivity contribution < 1.29 is 9.90 Å². The summed E-state index contributed by atoms with van der Waals surface area (Å²) in [7, 11) is 0. The van der Waals surface area contributed by atoms with Crippen LogP contribution in [0.3, 0.4) is 0 Å². The van der Waals surface area contributed by atoms with Gasteiger partial charge in [0.2, 0.25) is 0 Å². The Bertz CT molecular complexity index is 557. The minimum atomic E-state index is -1.04. The van der Waals surface area contributed by atoms with Crippen molar-refractivity contribution >= 4 is 23.5 Å². The molecule has 0 fully saturated rings. The van der Waals surface area contributed by atoms with Gasteiger partial charge in [-0.2, -0.15) is 0 Å². The van der Waals surface area contributed by atoms with Gasteiger partial charge in [0, 0.05) is 10.1 Å². The maximum absolute atomic E-state index is 10.8. The number of amides is 1. The van der Waals surface area contributed by atoms with E-state index < -0.39 is 6.09 Å². The zero-order chi connectivity index (χ0) is 13.7. The number of hydrogen-bond acceptors (Lipinski definition) is 2. The smallest absolute Gasteiger partial charge is 0.409 e. The molecule has 2 N–H and O–H groups in total. The molecule has 0 aliphatic rings. The molecule has 0 saturated heterocycles. The largest absolute Gasteiger partial charge is 0.465 e. The molecule has 2 rings (SSSR count). The lowest BCUT2D eigenvalue weighted by molar-refractivity contribution is 0.209. The number of hydrogen-bond donors (Lipinski definition) is 2. The zero-order valence-electron chi connectivity index (χ0n) is 10.5. The number of carbonyl (C=O) groups is 1. The normalized spacial score (nSPS) is 11.8. The number of thioether (sulfide) groups is 1. The molecule has 0 aliphatic carbocycles. The molecule has 1 unspecified atom stereocenters. The number of benzene rings is 2. The van der Waals surface area contributed by atoms with Gasteiger partial charge < -0.3 is 5.11 Å². The maximum Gasteiger partial charge on any atom is 0.409 e. The molecule has 1 atom stereocenters.